The van der Waals surface area contributed by atoms with E-state index in [-0.39, 0.29) is 11.9 Å². The zero-order chi connectivity index (χ0) is 19.9. The van der Waals surface area contributed by atoms with E-state index in [1.54, 1.807) is 13.3 Å². The van der Waals surface area contributed by atoms with E-state index in [0.29, 0.717) is 11.5 Å². The number of aryl methyl sites for hydroxylation is 1. The first-order chi connectivity index (χ1) is 13.6. The molecule has 5 nitrogen and oxygen atoms in total. The van der Waals surface area contributed by atoms with E-state index in [9.17, 15) is 4.79 Å². The number of methoxy groups -OCH3 is 1. The quantitative estimate of drug-likeness (QED) is 0.598. The van der Waals surface area contributed by atoms with Crippen molar-refractivity contribution in [3.8, 4) is 5.75 Å². The molecule has 2 aromatic carbocycles. The molecule has 3 rings (SSSR count). The lowest BCUT2D eigenvalue weighted by atomic mass is 10.1. The van der Waals surface area contributed by atoms with Crippen molar-refractivity contribution in [1.29, 1.82) is 0 Å². The van der Waals surface area contributed by atoms with Crippen LogP contribution in [0.1, 0.15) is 23.0 Å². The number of ether oxygens (including phenoxy) is 1. The van der Waals surface area contributed by atoms with E-state index in [0.717, 1.165) is 27.7 Å². The summed E-state index contributed by atoms with van der Waals surface area (Å²) in [5, 5.41) is 3.82. The number of nitrogens with zero attached hydrogens (tertiary/aromatic N) is 2. The number of nitrogens with one attached hydrogen (secondary N) is 1. The van der Waals surface area contributed by atoms with Crippen LogP contribution in [0.4, 0.5) is 0 Å². The number of halogens is 1. The van der Waals surface area contributed by atoms with E-state index in [1.165, 1.54) is 11.8 Å². The highest BCUT2D eigenvalue weighted by Gasteiger charge is 2.20. The Kier molecular flexibility index (Phi) is 7.01. The van der Waals surface area contributed by atoms with Crippen LogP contribution in [0.15, 0.2) is 60.9 Å². The van der Waals surface area contributed by atoms with Crippen LogP contribution in [-0.2, 0) is 17.6 Å². The van der Waals surface area contributed by atoms with Crippen molar-refractivity contribution in [2.24, 2.45) is 7.05 Å². The molecule has 7 heteroatoms. The number of thioether (sulfide) groups is 1. The van der Waals surface area contributed by atoms with Crippen LogP contribution >= 0.6 is 23.4 Å². The lowest BCUT2D eigenvalue weighted by Crippen LogP contribution is -2.32. The van der Waals surface area contributed by atoms with E-state index in [4.69, 9.17) is 16.3 Å². The summed E-state index contributed by atoms with van der Waals surface area (Å²) in [7, 11) is 3.54. The smallest absolute Gasteiger partial charge is 0.230 e. The van der Waals surface area contributed by atoms with Crippen LogP contribution in [-0.4, -0.2) is 28.3 Å². The lowest BCUT2D eigenvalue weighted by Gasteiger charge is -2.19. The zero-order valence-electron chi connectivity index (χ0n) is 15.8. The second-order valence-electron chi connectivity index (χ2n) is 6.25. The Morgan fingerprint density at radius 1 is 1.25 bits per heavy atom. The van der Waals surface area contributed by atoms with Crippen molar-refractivity contribution < 1.29 is 9.53 Å². The van der Waals surface area contributed by atoms with Crippen molar-refractivity contribution in [2.75, 3.05) is 12.9 Å². The fourth-order valence-electron chi connectivity index (χ4n) is 2.82. The standard InChI is InChI=1S/C21H22ClN3O2S/c1-25-12-11-23-21(25)20(15-7-9-17(27-2)10-8-15)24-19(26)14-28-13-16-5-3-4-6-18(16)22/h3-12,20H,13-14H2,1-2H3,(H,24,26)/t20-/m0/s1. The molecule has 1 N–H and O–H groups in total. The highest BCUT2D eigenvalue weighted by atomic mass is 35.5. The van der Waals surface area contributed by atoms with Gasteiger partial charge in [-0.25, -0.2) is 4.98 Å². The molecular weight excluding hydrogens is 394 g/mol. The maximum absolute atomic E-state index is 12.6. The van der Waals surface area contributed by atoms with Gasteiger partial charge in [-0.3, -0.25) is 4.79 Å². The summed E-state index contributed by atoms with van der Waals surface area (Å²) in [6, 6.07) is 15.0. The van der Waals surface area contributed by atoms with Gasteiger partial charge in [0, 0.05) is 30.2 Å². The molecular formula is C21H22ClN3O2S. The maximum atomic E-state index is 12.6. The predicted octanol–water partition coefficient (Wildman–Crippen LogP) is 4.22. The first kappa shape index (κ1) is 20.3. The number of amides is 1. The number of aromatic nitrogens is 2. The molecule has 0 aliphatic rings. The highest BCUT2D eigenvalue weighted by Crippen LogP contribution is 2.24. The number of benzene rings is 2. The highest BCUT2D eigenvalue weighted by molar-refractivity contribution is 7.99. The van der Waals surface area contributed by atoms with Crippen LogP contribution in [0.25, 0.3) is 0 Å². The van der Waals surface area contributed by atoms with Crippen LogP contribution in [0, 0.1) is 0 Å². The summed E-state index contributed by atoms with van der Waals surface area (Å²) in [6.07, 6.45) is 3.59. The third kappa shape index (κ3) is 5.09. The second-order valence-corrected chi connectivity index (χ2v) is 7.65. The molecule has 0 radical (unpaired) electrons. The SMILES string of the molecule is COc1ccc([C@H](NC(=O)CSCc2ccccc2Cl)c2nccn2C)cc1. The third-order valence-electron chi connectivity index (χ3n) is 4.32. The van der Waals surface area contributed by atoms with Crippen molar-refractivity contribution in [2.45, 2.75) is 11.8 Å². The normalized spacial score (nSPS) is 11.8. The average Bonchev–Trinajstić information content (AvgIpc) is 3.13. The van der Waals surface area contributed by atoms with E-state index in [1.807, 2.05) is 66.3 Å². The summed E-state index contributed by atoms with van der Waals surface area (Å²) in [6.45, 7) is 0. The van der Waals surface area contributed by atoms with Crippen molar-refractivity contribution >= 4 is 29.3 Å². The molecule has 1 aromatic heterocycles. The number of hydrogen-bond acceptors (Lipinski definition) is 4. The summed E-state index contributed by atoms with van der Waals surface area (Å²) in [5.41, 5.74) is 1.97. The van der Waals surface area contributed by atoms with Crippen LogP contribution in [0.3, 0.4) is 0 Å². The molecule has 0 fully saturated rings. The number of imidazole rings is 1. The molecule has 3 aromatic rings. The monoisotopic (exact) mass is 415 g/mol. The Balaban J connectivity index is 1.68. The maximum Gasteiger partial charge on any atom is 0.230 e. The fraction of sp³-hybridized carbons (Fsp3) is 0.238. The van der Waals surface area contributed by atoms with Gasteiger partial charge in [-0.05, 0) is 29.3 Å². The summed E-state index contributed by atoms with van der Waals surface area (Å²) in [5.74, 6) is 2.50. The average molecular weight is 416 g/mol. The van der Waals surface area contributed by atoms with Crippen molar-refractivity contribution in [1.82, 2.24) is 14.9 Å². The zero-order valence-corrected chi connectivity index (χ0v) is 17.3. The first-order valence-electron chi connectivity index (χ1n) is 8.80. The van der Waals surface area contributed by atoms with Crippen LogP contribution in [0.5, 0.6) is 5.75 Å². The van der Waals surface area contributed by atoms with Gasteiger partial charge in [-0.2, -0.15) is 0 Å². The van der Waals surface area contributed by atoms with Crippen LogP contribution < -0.4 is 10.1 Å². The molecule has 0 unspecified atom stereocenters. The Bertz CT molecular complexity index is 927. The number of rotatable bonds is 8. The molecule has 0 saturated carbocycles. The lowest BCUT2D eigenvalue weighted by molar-refractivity contribution is -0.119. The minimum Gasteiger partial charge on any atom is -0.497 e. The summed E-state index contributed by atoms with van der Waals surface area (Å²) >= 11 is 7.71. The van der Waals surface area contributed by atoms with E-state index in [2.05, 4.69) is 10.3 Å². The summed E-state index contributed by atoms with van der Waals surface area (Å²) < 4.78 is 7.14. The molecule has 0 saturated heterocycles. The second kappa shape index (κ2) is 9.66. The van der Waals surface area contributed by atoms with Gasteiger partial charge in [-0.15, -0.1) is 11.8 Å². The van der Waals surface area contributed by atoms with Crippen molar-refractivity contribution in [3.63, 3.8) is 0 Å². The van der Waals surface area contributed by atoms with Gasteiger partial charge in [0.2, 0.25) is 5.91 Å². The van der Waals surface area contributed by atoms with Gasteiger partial charge >= 0.3 is 0 Å². The Morgan fingerprint density at radius 3 is 2.64 bits per heavy atom. The number of hydrogen-bond donors (Lipinski definition) is 1. The van der Waals surface area contributed by atoms with E-state index >= 15 is 0 Å². The molecule has 0 spiro atoms. The minimum atomic E-state index is -0.334. The molecule has 28 heavy (non-hydrogen) atoms. The molecule has 0 aliphatic heterocycles. The van der Waals surface area contributed by atoms with E-state index < -0.39 is 0 Å². The fourth-order valence-corrected chi connectivity index (χ4v) is 3.94. The Labute approximate surface area is 174 Å². The van der Waals surface area contributed by atoms with Gasteiger partial charge in [0.05, 0.1) is 12.9 Å². The molecule has 1 amide bonds. The van der Waals surface area contributed by atoms with Gasteiger partial charge in [0.1, 0.15) is 17.6 Å². The van der Waals surface area contributed by atoms with Gasteiger partial charge in [0.25, 0.3) is 0 Å². The Hall–Kier alpha value is -2.44. The van der Waals surface area contributed by atoms with Gasteiger partial charge in [-0.1, -0.05) is 41.9 Å². The van der Waals surface area contributed by atoms with Crippen molar-refractivity contribution in [3.05, 3.63) is 82.9 Å². The molecule has 1 atom stereocenters. The molecule has 146 valence electrons. The van der Waals surface area contributed by atoms with Gasteiger partial charge < -0.3 is 14.6 Å². The topological polar surface area (TPSA) is 56.1 Å². The minimum absolute atomic E-state index is 0.0547. The molecule has 0 aliphatic carbocycles. The molecule has 0 bridgehead atoms. The Morgan fingerprint density at radius 2 is 2.00 bits per heavy atom. The van der Waals surface area contributed by atoms with Gasteiger partial charge in [0.15, 0.2) is 0 Å². The third-order valence-corrected chi connectivity index (χ3v) is 5.67. The van der Waals surface area contributed by atoms with Crippen LogP contribution in [0.2, 0.25) is 5.02 Å². The first-order valence-corrected chi connectivity index (χ1v) is 10.3. The molecule has 1 heterocycles. The number of carbonyl (C=O) groups is 1. The largest absolute Gasteiger partial charge is 0.497 e. The predicted molar refractivity (Wildman–Crippen MR) is 114 cm³/mol. The summed E-state index contributed by atoms with van der Waals surface area (Å²) in [4.78, 5) is 17.0. The number of carbonyl (C=O) groups excluding carboxylic acids is 1.